The largest absolute Gasteiger partial charge is 0.394 e. The zero-order chi connectivity index (χ0) is 32.2. The molecule has 0 radical (unpaired) electrons. The minimum Gasteiger partial charge on any atom is -0.394 e. The summed E-state index contributed by atoms with van der Waals surface area (Å²) in [5.41, 5.74) is 0. The maximum atomic E-state index is 12.3. The van der Waals surface area contributed by atoms with Gasteiger partial charge in [0.05, 0.1) is 18.8 Å². The molecule has 254 valence electrons. The number of allylic oxidation sites excluding steroid dienone is 9. The van der Waals surface area contributed by atoms with E-state index < -0.39 is 12.1 Å². The van der Waals surface area contributed by atoms with E-state index >= 15 is 0 Å². The number of nitrogens with one attached hydrogen (secondary N) is 1. The van der Waals surface area contributed by atoms with Crippen molar-refractivity contribution in [2.75, 3.05) is 6.61 Å². The lowest BCUT2D eigenvalue weighted by Crippen LogP contribution is -2.45. The highest BCUT2D eigenvalue weighted by molar-refractivity contribution is 5.76. The van der Waals surface area contributed by atoms with Crippen LogP contribution in [-0.2, 0) is 4.79 Å². The summed E-state index contributed by atoms with van der Waals surface area (Å²) in [5, 5.41) is 22.9. The fraction of sp³-hybridized carbons (Fsp3) is 0.725. The molecule has 0 aliphatic carbocycles. The van der Waals surface area contributed by atoms with Crippen molar-refractivity contribution in [3.63, 3.8) is 0 Å². The van der Waals surface area contributed by atoms with E-state index in [1.165, 1.54) is 77.0 Å². The Morgan fingerprint density at radius 2 is 1.00 bits per heavy atom. The Kier molecular flexibility index (Phi) is 34.0. The molecule has 0 fully saturated rings. The van der Waals surface area contributed by atoms with Crippen molar-refractivity contribution in [2.24, 2.45) is 0 Å². The molecule has 0 saturated carbocycles. The molecule has 0 heterocycles. The molecule has 3 N–H and O–H groups in total. The van der Waals surface area contributed by atoms with Crippen LogP contribution in [-0.4, -0.2) is 34.9 Å². The van der Waals surface area contributed by atoms with Gasteiger partial charge in [0.25, 0.3) is 0 Å². The minimum atomic E-state index is -0.850. The third-order valence-corrected chi connectivity index (χ3v) is 8.01. The zero-order valence-corrected chi connectivity index (χ0v) is 28.9. The lowest BCUT2D eigenvalue weighted by molar-refractivity contribution is -0.123. The second kappa shape index (κ2) is 35.6. The Morgan fingerprint density at radius 3 is 1.50 bits per heavy atom. The average Bonchev–Trinajstić information content (AvgIpc) is 3.03. The lowest BCUT2D eigenvalue weighted by atomic mass is 10.0. The van der Waals surface area contributed by atoms with Crippen LogP contribution in [0.5, 0.6) is 0 Å². The zero-order valence-electron chi connectivity index (χ0n) is 28.9. The van der Waals surface area contributed by atoms with E-state index in [1.54, 1.807) is 6.08 Å². The highest BCUT2D eigenvalue weighted by atomic mass is 16.3. The van der Waals surface area contributed by atoms with Gasteiger partial charge in [0, 0.05) is 6.42 Å². The van der Waals surface area contributed by atoms with Crippen molar-refractivity contribution in [3.05, 3.63) is 60.8 Å². The van der Waals surface area contributed by atoms with E-state index in [0.29, 0.717) is 6.42 Å². The van der Waals surface area contributed by atoms with Crippen molar-refractivity contribution in [3.8, 4) is 0 Å². The van der Waals surface area contributed by atoms with Gasteiger partial charge in [-0.2, -0.15) is 0 Å². The first-order valence-corrected chi connectivity index (χ1v) is 18.5. The van der Waals surface area contributed by atoms with E-state index in [0.717, 1.165) is 70.6 Å². The quantitative estimate of drug-likeness (QED) is 0.0522. The first-order valence-electron chi connectivity index (χ1n) is 18.5. The van der Waals surface area contributed by atoms with Gasteiger partial charge in [0.1, 0.15) is 0 Å². The third-order valence-electron chi connectivity index (χ3n) is 8.01. The molecule has 0 aromatic carbocycles. The van der Waals surface area contributed by atoms with Crippen LogP contribution in [0.15, 0.2) is 60.8 Å². The molecule has 0 aromatic heterocycles. The van der Waals surface area contributed by atoms with E-state index in [4.69, 9.17) is 0 Å². The Labute approximate surface area is 273 Å². The SMILES string of the molecule is CC/C=C\C/C=C\C/C=C\C/C=C\CCCCCCC(=O)NC(CO)C(O)/C=C/CCCCCCCCCCCCCCC. The molecule has 1 amide bonds. The number of rotatable bonds is 32. The molecule has 4 nitrogen and oxygen atoms in total. The summed E-state index contributed by atoms with van der Waals surface area (Å²) in [6.07, 6.45) is 48.7. The molecule has 2 unspecified atom stereocenters. The predicted molar refractivity (Wildman–Crippen MR) is 193 cm³/mol. The number of hydrogen-bond donors (Lipinski definition) is 3. The fourth-order valence-corrected chi connectivity index (χ4v) is 5.17. The van der Waals surface area contributed by atoms with Gasteiger partial charge < -0.3 is 15.5 Å². The summed E-state index contributed by atoms with van der Waals surface area (Å²) >= 11 is 0. The number of aliphatic hydroxyl groups excluding tert-OH is 2. The standard InChI is InChI=1S/C40H71NO3/c1-3-5-7-9-11-13-15-17-19-20-22-24-26-28-30-32-34-36-40(44)41-38(37-42)39(43)35-33-31-29-27-25-23-21-18-16-14-12-10-8-6-4-2/h5,7,11,13,17,19,22,24,33,35,38-39,42-43H,3-4,6,8-10,12,14-16,18,20-21,23,25-32,34,36-37H2,1-2H3,(H,41,44)/b7-5-,13-11-,19-17-,24-22-,35-33+. The highest BCUT2D eigenvalue weighted by Crippen LogP contribution is 2.13. The first kappa shape index (κ1) is 42.1. The van der Waals surface area contributed by atoms with Crippen molar-refractivity contribution in [1.29, 1.82) is 0 Å². The normalized spacial score (nSPS) is 13.8. The van der Waals surface area contributed by atoms with Crippen LogP contribution in [0, 0.1) is 0 Å². The number of carbonyl (C=O) groups is 1. The van der Waals surface area contributed by atoms with Crippen LogP contribution >= 0.6 is 0 Å². The van der Waals surface area contributed by atoms with Crippen LogP contribution in [0.2, 0.25) is 0 Å². The van der Waals surface area contributed by atoms with Crippen LogP contribution in [0.1, 0.15) is 168 Å². The molecule has 0 aliphatic heterocycles. The topological polar surface area (TPSA) is 69.6 Å². The molecular weight excluding hydrogens is 542 g/mol. The summed E-state index contributed by atoms with van der Waals surface area (Å²) in [5.74, 6) is -0.0908. The minimum absolute atomic E-state index is 0.0908. The highest BCUT2D eigenvalue weighted by Gasteiger charge is 2.17. The molecule has 4 heteroatoms. The maximum absolute atomic E-state index is 12.3. The van der Waals surface area contributed by atoms with Crippen LogP contribution in [0.4, 0.5) is 0 Å². The predicted octanol–water partition coefficient (Wildman–Crippen LogP) is 11.0. The molecule has 0 aliphatic rings. The summed E-state index contributed by atoms with van der Waals surface area (Å²) in [6.45, 7) is 4.17. The second-order valence-corrected chi connectivity index (χ2v) is 12.3. The van der Waals surface area contributed by atoms with E-state index in [2.05, 4.69) is 67.8 Å². The van der Waals surface area contributed by atoms with Crippen molar-refractivity contribution >= 4 is 5.91 Å². The monoisotopic (exact) mass is 614 g/mol. The van der Waals surface area contributed by atoms with Gasteiger partial charge in [0.15, 0.2) is 0 Å². The van der Waals surface area contributed by atoms with Gasteiger partial charge in [-0.25, -0.2) is 0 Å². The van der Waals surface area contributed by atoms with Gasteiger partial charge in [-0.1, -0.05) is 164 Å². The summed E-state index contributed by atoms with van der Waals surface area (Å²) in [6, 6.07) is -0.636. The molecule has 0 aromatic rings. The van der Waals surface area contributed by atoms with Gasteiger partial charge in [0.2, 0.25) is 5.91 Å². The summed E-state index contributed by atoms with van der Waals surface area (Å²) in [4.78, 5) is 12.3. The Bertz CT molecular complexity index is 752. The van der Waals surface area contributed by atoms with Crippen molar-refractivity contribution in [2.45, 2.75) is 180 Å². The number of unbranched alkanes of at least 4 members (excludes halogenated alkanes) is 17. The van der Waals surface area contributed by atoms with Gasteiger partial charge in [-0.3, -0.25) is 4.79 Å². The average molecular weight is 614 g/mol. The smallest absolute Gasteiger partial charge is 0.220 e. The number of amides is 1. The van der Waals surface area contributed by atoms with E-state index in [-0.39, 0.29) is 12.5 Å². The molecule has 0 rings (SSSR count). The van der Waals surface area contributed by atoms with Gasteiger partial charge in [-0.15, -0.1) is 0 Å². The van der Waals surface area contributed by atoms with Gasteiger partial charge in [-0.05, 0) is 57.8 Å². The molecule has 0 bridgehead atoms. The van der Waals surface area contributed by atoms with Gasteiger partial charge >= 0.3 is 0 Å². The van der Waals surface area contributed by atoms with Crippen LogP contribution in [0.25, 0.3) is 0 Å². The third kappa shape index (κ3) is 31.5. The molecular formula is C40H71NO3. The second-order valence-electron chi connectivity index (χ2n) is 12.3. The molecule has 0 spiro atoms. The van der Waals surface area contributed by atoms with Crippen LogP contribution in [0.3, 0.4) is 0 Å². The Morgan fingerprint density at radius 1 is 0.568 bits per heavy atom. The van der Waals surface area contributed by atoms with Crippen molar-refractivity contribution < 1.29 is 15.0 Å². The number of aliphatic hydroxyl groups is 2. The Balaban J connectivity index is 3.71. The van der Waals surface area contributed by atoms with E-state index in [1.807, 2.05) is 6.08 Å². The van der Waals surface area contributed by atoms with Crippen LogP contribution < -0.4 is 5.32 Å². The number of hydrogen-bond acceptors (Lipinski definition) is 3. The lowest BCUT2D eigenvalue weighted by Gasteiger charge is -2.20. The molecule has 0 saturated heterocycles. The van der Waals surface area contributed by atoms with Crippen molar-refractivity contribution in [1.82, 2.24) is 5.32 Å². The number of carbonyl (C=O) groups excluding carboxylic acids is 1. The van der Waals surface area contributed by atoms with E-state index in [9.17, 15) is 15.0 Å². The first-order chi connectivity index (χ1) is 21.7. The molecule has 2 atom stereocenters. The Hall–Kier alpha value is -1.91. The molecule has 44 heavy (non-hydrogen) atoms. The summed E-state index contributed by atoms with van der Waals surface area (Å²) in [7, 11) is 0. The fourth-order valence-electron chi connectivity index (χ4n) is 5.17. The summed E-state index contributed by atoms with van der Waals surface area (Å²) < 4.78 is 0. The maximum Gasteiger partial charge on any atom is 0.220 e.